The molecule has 1 fully saturated rings. The molecule has 1 saturated heterocycles. The number of rotatable bonds is 3. The molecule has 1 aromatic rings. The molecular formula is C10H11BF3KO. The molecule has 0 N–H and O–H groups in total. The van der Waals surface area contributed by atoms with Gasteiger partial charge in [0.15, 0.2) is 0 Å². The van der Waals surface area contributed by atoms with Crippen molar-refractivity contribution in [2.45, 2.75) is 6.42 Å². The van der Waals surface area contributed by atoms with Crippen molar-refractivity contribution >= 4 is 12.4 Å². The van der Waals surface area contributed by atoms with E-state index in [-0.39, 0.29) is 51.4 Å². The van der Waals surface area contributed by atoms with Crippen LogP contribution >= 0.6 is 0 Å². The maximum Gasteiger partial charge on any atom is 1.00 e. The van der Waals surface area contributed by atoms with Crippen molar-refractivity contribution in [3.8, 4) is 0 Å². The van der Waals surface area contributed by atoms with Crippen LogP contribution in [-0.2, 0) is 11.2 Å². The number of benzene rings is 1. The molecule has 0 spiro atoms. The van der Waals surface area contributed by atoms with Crippen molar-refractivity contribution in [3.05, 3.63) is 29.8 Å². The summed E-state index contributed by atoms with van der Waals surface area (Å²) in [7, 11) is 0. The van der Waals surface area contributed by atoms with Crippen LogP contribution in [0.15, 0.2) is 24.3 Å². The van der Waals surface area contributed by atoms with Crippen LogP contribution < -0.4 is 56.8 Å². The summed E-state index contributed by atoms with van der Waals surface area (Å²) in [6.45, 7) is -3.40. The van der Waals surface area contributed by atoms with E-state index >= 15 is 0 Å². The van der Waals surface area contributed by atoms with E-state index < -0.39 is 12.4 Å². The average Bonchev–Trinajstić information content (AvgIpc) is 2.11. The first kappa shape index (κ1) is 14.7. The summed E-state index contributed by atoms with van der Waals surface area (Å²) in [5, 5.41) is 0. The topological polar surface area (TPSA) is 9.23 Å². The minimum atomic E-state index is -4.86. The second-order valence-corrected chi connectivity index (χ2v) is 3.92. The van der Waals surface area contributed by atoms with Gasteiger partial charge in [0.1, 0.15) is 0 Å². The smallest absolute Gasteiger partial charge is 0.445 e. The Morgan fingerprint density at radius 1 is 1.12 bits per heavy atom. The Hall–Kier alpha value is 0.671. The first-order valence-electron chi connectivity index (χ1n) is 4.92. The van der Waals surface area contributed by atoms with Gasteiger partial charge in [-0.1, -0.05) is 24.3 Å². The molecule has 0 saturated carbocycles. The van der Waals surface area contributed by atoms with Crippen LogP contribution in [0.2, 0.25) is 0 Å². The van der Waals surface area contributed by atoms with Gasteiger partial charge in [0.2, 0.25) is 0 Å². The van der Waals surface area contributed by atoms with Gasteiger partial charge in [-0.05, 0) is 12.0 Å². The zero-order chi connectivity index (χ0) is 10.9. The van der Waals surface area contributed by atoms with E-state index in [2.05, 4.69) is 0 Å². The van der Waals surface area contributed by atoms with Gasteiger partial charge in [-0.2, -0.15) is 0 Å². The second-order valence-electron chi connectivity index (χ2n) is 3.92. The van der Waals surface area contributed by atoms with Crippen molar-refractivity contribution < 1.29 is 69.1 Å². The number of ether oxygens (including phenoxy) is 1. The third kappa shape index (κ3) is 3.85. The van der Waals surface area contributed by atoms with Crippen LogP contribution in [0, 0.1) is 5.92 Å². The van der Waals surface area contributed by atoms with Crippen LogP contribution in [0.5, 0.6) is 0 Å². The SMILES string of the molecule is F[B-](F)(F)c1ccc(CC2COC2)cc1.[K+]. The maximum atomic E-state index is 12.3. The van der Waals surface area contributed by atoms with Gasteiger partial charge in [0, 0.05) is 5.92 Å². The third-order valence-corrected chi connectivity index (χ3v) is 2.59. The molecule has 2 rings (SSSR count). The standard InChI is InChI=1S/C10H11BF3O.K/c12-11(13,14)10-3-1-8(2-4-10)5-9-6-15-7-9;/h1-4,9H,5-7H2;/q-1;+1. The Morgan fingerprint density at radius 3 is 2.06 bits per heavy atom. The molecule has 0 amide bonds. The maximum absolute atomic E-state index is 12.3. The largest absolute Gasteiger partial charge is 1.00 e. The third-order valence-electron chi connectivity index (χ3n) is 2.59. The normalized spacial score (nSPS) is 16.4. The van der Waals surface area contributed by atoms with E-state index in [1.165, 1.54) is 0 Å². The van der Waals surface area contributed by atoms with Gasteiger partial charge in [0.05, 0.1) is 13.2 Å². The van der Waals surface area contributed by atoms with Crippen molar-refractivity contribution in [1.82, 2.24) is 0 Å². The molecule has 1 aliphatic rings. The molecule has 1 aliphatic heterocycles. The zero-order valence-corrected chi connectivity index (χ0v) is 12.3. The molecule has 1 aromatic carbocycles. The van der Waals surface area contributed by atoms with Crippen molar-refractivity contribution in [2.75, 3.05) is 13.2 Å². The first-order chi connectivity index (χ1) is 7.05. The molecule has 0 aromatic heterocycles. The van der Waals surface area contributed by atoms with Crippen LogP contribution in [-0.4, -0.2) is 20.2 Å². The van der Waals surface area contributed by atoms with Crippen LogP contribution in [0.1, 0.15) is 5.56 Å². The summed E-state index contributed by atoms with van der Waals surface area (Å²) in [6.07, 6.45) is 0.811. The fraction of sp³-hybridized carbons (Fsp3) is 0.400. The van der Waals surface area contributed by atoms with Gasteiger partial charge in [-0.25, -0.2) is 0 Å². The minimum absolute atomic E-state index is 0. The van der Waals surface area contributed by atoms with Crippen LogP contribution in [0.4, 0.5) is 12.9 Å². The molecule has 0 aliphatic carbocycles. The molecule has 1 heterocycles. The van der Waals surface area contributed by atoms with Gasteiger partial charge < -0.3 is 17.7 Å². The quantitative estimate of drug-likeness (QED) is 0.624. The van der Waals surface area contributed by atoms with Crippen molar-refractivity contribution in [2.24, 2.45) is 5.92 Å². The first-order valence-corrected chi connectivity index (χ1v) is 4.92. The van der Waals surface area contributed by atoms with Gasteiger partial charge in [0.25, 0.3) is 0 Å². The molecule has 16 heavy (non-hydrogen) atoms. The molecule has 0 unspecified atom stereocenters. The zero-order valence-electron chi connectivity index (χ0n) is 9.13. The summed E-state index contributed by atoms with van der Waals surface area (Å²) in [5.74, 6) is 0.479. The van der Waals surface area contributed by atoms with E-state index in [9.17, 15) is 12.9 Å². The monoisotopic (exact) mass is 254 g/mol. The van der Waals surface area contributed by atoms with Gasteiger partial charge >= 0.3 is 58.4 Å². The van der Waals surface area contributed by atoms with E-state index in [4.69, 9.17) is 4.74 Å². The van der Waals surface area contributed by atoms with Crippen molar-refractivity contribution in [1.29, 1.82) is 0 Å². The summed E-state index contributed by atoms with van der Waals surface area (Å²) in [4.78, 5) is 0. The molecule has 0 radical (unpaired) electrons. The number of hydrogen-bond acceptors (Lipinski definition) is 1. The Kier molecular flexibility index (Phi) is 5.54. The Balaban J connectivity index is 0.00000128. The fourth-order valence-corrected chi connectivity index (χ4v) is 1.61. The van der Waals surface area contributed by atoms with E-state index in [1.54, 1.807) is 12.1 Å². The number of halogens is 3. The fourth-order valence-electron chi connectivity index (χ4n) is 1.61. The molecule has 1 nitrogen and oxygen atoms in total. The summed E-state index contributed by atoms with van der Waals surface area (Å²) in [6, 6.07) is 5.44. The summed E-state index contributed by atoms with van der Waals surface area (Å²) < 4.78 is 41.9. The van der Waals surface area contributed by atoms with Crippen LogP contribution in [0.3, 0.4) is 0 Å². The van der Waals surface area contributed by atoms with Crippen molar-refractivity contribution in [3.63, 3.8) is 0 Å². The summed E-state index contributed by atoms with van der Waals surface area (Å²) in [5.41, 5.74) is 0.427. The average molecular weight is 254 g/mol. The Morgan fingerprint density at radius 2 is 1.69 bits per heavy atom. The molecule has 82 valence electrons. The molecule has 0 bridgehead atoms. The summed E-state index contributed by atoms with van der Waals surface area (Å²) >= 11 is 0. The Labute approximate surface area is 135 Å². The Bertz CT molecular complexity index is 335. The van der Waals surface area contributed by atoms with E-state index in [1.807, 2.05) is 0 Å². The molecule has 0 atom stereocenters. The van der Waals surface area contributed by atoms with Crippen LogP contribution in [0.25, 0.3) is 0 Å². The van der Waals surface area contributed by atoms with Gasteiger partial charge in [-0.3, -0.25) is 0 Å². The predicted molar refractivity (Wildman–Crippen MR) is 53.2 cm³/mol. The van der Waals surface area contributed by atoms with E-state index in [0.717, 1.165) is 37.3 Å². The minimum Gasteiger partial charge on any atom is -0.445 e. The van der Waals surface area contributed by atoms with Gasteiger partial charge in [-0.15, -0.1) is 5.46 Å². The van der Waals surface area contributed by atoms with E-state index in [0.29, 0.717) is 5.92 Å². The molecular weight excluding hydrogens is 243 g/mol. The predicted octanol–water partition coefficient (Wildman–Crippen LogP) is -1.07. The molecule has 6 heteroatoms. The second kappa shape index (κ2) is 6.02. The number of hydrogen-bond donors (Lipinski definition) is 0.